The van der Waals surface area contributed by atoms with Crippen molar-refractivity contribution in [2.45, 2.75) is 51.5 Å². The summed E-state index contributed by atoms with van der Waals surface area (Å²) in [6.07, 6.45) is 9.94. The summed E-state index contributed by atoms with van der Waals surface area (Å²) in [4.78, 5) is 32.1. The first-order chi connectivity index (χ1) is 12.6. The van der Waals surface area contributed by atoms with Crippen molar-refractivity contribution >= 4 is 23.2 Å². The van der Waals surface area contributed by atoms with Crippen molar-refractivity contribution in [3.8, 4) is 0 Å². The topological polar surface area (TPSA) is 84.0 Å². The van der Waals surface area contributed by atoms with Gasteiger partial charge in [-0.2, -0.15) is 0 Å². The molecule has 6 nitrogen and oxygen atoms in total. The maximum atomic E-state index is 12.3. The first-order valence-electron chi connectivity index (χ1n) is 9.13. The zero-order valence-electron chi connectivity index (χ0n) is 15.0. The van der Waals surface area contributed by atoms with E-state index in [1.807, 2.05) is 12.1 Å². The Morgan fingerprint density at radius 1 is 0.962 bits per heavy atom. The van der Waals surface area contributed by atoms with Crippen molar-refractivity contribution in [1.29, 1.82) is 0 Å². The maximum absolute atomic E-state index is 12.3. The first-order valence-corrected chi connectivity index (χ1v) is 9.13. The molecule has 1 aromatic carbocycles. The number of nitrogens with one attached hydrogen (secondary N) is 2. The SMILES string of the molecule is CC(=O)c1ccc(Nc2cnc(C(=O)NC3CCCCCC3)cn2)cc1. The van der Waals surface area contributed by atoms with Crippen molar-refractivity contribution < 1.29 is 9.59 Å². The molecular weight excluding hydrogens is 328 g/mol. The Morgan fingerprint density at radius 2 is 1.65 bits per heavy atom. The third-order valence-electron chi connectivity index (χ3n) is 4.64. The smallest absolute Gasteiger partial charge is 0.271 e. The average Bonchev–Trinajstić information content (AvgIpc) is 2.91. The Bertz CT molecular complexity index is 748. The summed E-state index contributed by atoms with van der Waals surface area (Å²) in [5, 5.41) is 6.18. The fourth-order valence-electron chi connectivity index (χ4n) is 3.13. The van der Waals surface area contributed by atoms with E-state index in [-0.39, 0.29) is 17.7 Å². The molecule has 1 aliphatic carbocycles. The molecular formula is C20H24N4O2. The molecule has 0 radical (unpaired) electrons. The Morgan fingerprint density at radius 3 is 2.23 bits per heavy atom. The first kappa shape index (κ1) is 18.0. The second kappa shape index (κ2) is 8.56. The molecule has 0 saturated heterocycles. The van der Waals surface area contributed by atoms with Gasteiger partial charge in [-0.1, -0.05) is 25.7 Å². The fraction of sp³-hybridized carbons (Fsp3) is 0.400. The summed E-state index contributed by atoms with van der Waals surface area (Å²) in [5.74, 6) is 0.411. The molecule has 1 fully saturated rings. The van der Waals surface area contributed by atoms with Crippen molar-refractivity contribution in [3.63, 3.8) is 0 Å². The summed E-state index contributed by atoms with van der Waals surface area (Å²) in [7, 11) is 0. The van der Waals surface area contributed by atoms with Crippen LogP contribution in [0.3, 0.4) is 0 Å². The average molecular weight is 352 g/mol. The molecule has 1 aromatic heterocycles. The lowest BCUT2D eigenvalue weighted by Gasteiger charge is -2.15. The van der Waals surface area contributed by atoms with Crippen LogP contribution in [0.4, 0.5) is 11.5 Å². The van der Waals surface area contributed by atoms with E-state index < -0.39 is 0 Å². The van der Waals surface area contributed by atoms with Gasteiger partial charge in [0, 0.05) is 17.3 Å². The minimum absolute atomic E-state index is 0.0281. The third kappa shape index (κ3) is 4.88. The van der Waals surface area contributed by atoms with Gasteiger partial charge in [-0.15, -0.1) is 0 Å². The van der Waals surface area contributed by atoms with Gasteiger partial charge >= 0.3 is 0 Å². The number of Topliss-reactive ketones (excluding diaryl/α,β-unsaturated/α-hetero) is 1. The second-order valence-corrected chi connectivity index (χ2v) is 6.71. The molecule has 0 unspecified atom stereocenters. The lowest BCUT2D eigenvalue weighted by molar-refractivity contribution is 0.0927. The van der Waals surface area contributed by atoms with Crippen LogP contribution in [0.5, 0.6) is 0 Å². The van der Waals surface area contributed by atoms with E-state index in [0.717, 1.165) is 18.5 Å². The van der Waals surface area contributed by atoms with Gasteiger partial charge in [0.05, 0.1) is 12.4 Å². The van der Waals surface area contributed by atoms with E-state index in [0.29, 0.717) is 17.1 Å². The minimum Gasteiger partial charge on any atom is -0.348 e. The van der Waals surface area contributed by atoms with Gasteiger partial charge in [-0.3, -0.25) is 9.59 Å². The highest BCUT2D eigenvalue weighted by molar-refractivity contribution is 5.94. The Balaban J connectivity index is 1.58. The van der Waals surface area contributed by atoms with E-state index in [2.05, 4.69) is 20.6 Å². The lowest BCUT2D eigenvalue weighted by Crippen LogP contribution is -2.34. The van der Waals surface area contributed by atoms with Crippen LogP contribution in [0.1, 0.15) is 66.3 Å². The standard InChI is InChI=1S/C20H24N4O2/c1-14(25)15-8-10-17(11-9-15)23-19-13-21-18(12-22-19)20(26)24-16-6-4-2-3-5-7-16/h8-13,16H,2-7H2,1H3,(H,22,23)(H,24,26). The quantitative estimate of drug-likeness (QED) is 0.630. The van der Waals surface area contributed by atoms with Crippen LogP contribution >= 0.6 is 0 Å². The minimum atomic E-state index is -0.165. The molecule has 1 amide bonds. The summed E-state index contributed by atoms with van der Waals surface area (Å²) >= 11 is 0. The van der Waals surface area contributed by atoms with Gasteiger partial charge in [0.1, 0.15) is 11.5 Å². The number of rotatable bonds is 5. The van der Waals surface area contributed by atoms with E-state index >= 15 is 0 Å². The summed E-state index contributed by atoms with van der Waals surface area (Å²) in [6.45, 7) is 1.53. The van der Waals surface area contributed by atoms with Crippen molar-refractivity contribution in [1.82, 2.24) is 15.3 Å². The van der Waals surface area contributed by atoms with Crippen molar-refractivity contribution in [2.75, 3.05) is 5.32 Å². The van der Waals surface area contributed by atoms with Crippen molar-refractivity contribution in [3.05, 3.63) is 47.9 Å². The number of amides is 1. The van der Waals surface area contributed by atoms with Crippen LogP contribution in [-0.4, -0.2) is 27.7 Å². The van der Waals surface area contributed by atoms with Crippen LogP contribution in [-0.2, 0) is 0 Å². The van der Waals surface area contributed by atoms with E-state index in [1.165, 1.54) is 38.8 Å². The van der Waals surface area contributed by atoms with E-state index in [9.17, 15) is 9.59 Å². The molecule has 136 valence electrons. The van der Waals surface area contributed by atoms with Gasteiger partial charge in [0.25, 0.3) is 5.91 Å². The van der Waals surface area contributed by atoms with Crippen LogP contribution in [0, 0.1) is 0 Å². The number of carbonyl (C=O) groups excluding carboxylic acids is 2. The molecule has 0 spiro atoms. The van der Waals surface area contributed by atoms with Crippen LogP contribution < -0.4 is 10.6 Å². The molecule has 2 N–H and O–H groups in total. The molecule has 2 aromatic rings. The predicted molar refractivity (Wildman–Crippen MR) is 101 cm³/mol. The molecule has 6 heteroatoms. The highest BCUT2D eigenvalue weighted by Crippen LogP contribution is 2.18. The second-order valence-electron chi connectivity index (χ2n) is 6.71. The molecule has 1 heterocycles. The monoisotopic (exact) mass is 352 g/mol. The summed E-state index contributed by atoms with van der Waals surface area (Å²) in [5.41, 5.74) is 1.79. The summed E-state index contributed by atoms with van der Waals surface area (Å²) in [6, 6.07) is 7.37. The maximum Gasteiger partial charge on any atom is 0.271 e. The zero-order chi connectivity index (χ0) is 18.4. The number of anilines is 2. The molecule has 1 aliphatic rings. The van der Waals surface area contributed by atoms with Gasteiger partial charge in [0.15, 0.2) is 5.78 Å². The Hall–Kier alpha value is -2.76. The molecule has 0 atom stereocenters. The number of hydrogen-bond acceptors (Lipinski definition) is 5. The normalized spacial score (nSPS) is 15.1. The van der Waals surface area contributed by atoms with E-state index in [4.69, 9.17) is 0 Å². The number of aromatic nitrogens is 2. The molecule has 26 heavy (non-hydrogen) atoms. The van der Waals surface area contributed by atoms with Gasteiger partial charge < -0.3 is 10.6 Å². The number of nitrogens with zero attached hydrogens (tertiary/aromatic N) is 2. The van der Waals surface area contributed by atoms with E-state index in [1.54, 1.807) is 18.3 Å². The van der Waals surface area contributed by atoms with Gasteiger partial charge in [0.2, 0.25) is 0 Å². The zero-order valence-corrected chi connectivity index (χ0v) is 15.0. The molecule has 0 bridgehead atoms. The largest absolute Gasteiger partial charge is 0.348 e. The number of carbonyl (C=O) groups is 2. The van der Waals surface area contributed by atoms with Crippen LogP contribution in [0.15, 0.2) is 36.7 Å². The highest BCUT2D eigenvalue weighted by Gasteiger charge is 2.16. The number of benzene rings is 1. The Labute approximate surface area is 153 Å². The van der Waals surface area contributed by atoms with Crippen molar-refractivity contribution in [2.24, 2.45) is 0 Å². The predicted octanol–water partition coefficient (Wildman–Crippen LogP) is 3.88. The third-order valence-corrected chi connectivity index (χ3v) is 4.64. The van der Waals surface area contributed by atoms with Gasteiger partial charge in [-0.25, -0.2) is 9.97 Å². The van der Waals surface area contributed by atoms with Crippen LogP contribution in [0.2, 0.25) is 0 Å². The van der Waals surface area contributed by atoms with Gasteiger partial charge in [-0.05, 0) is 44.0 Å². The fourth-order valence-corrected chi connectivity index (χ4v) is 3.13. The number of hydrogen-bond donors (Lipinski definition) is 2. The van der Waals surface area contributed by atoms with Crippen LogP contribution in [0.25, 0.3) is 0 Å². The number of ketones is 1. The molecule has 3 rings (SSSR count). The summed E-state index contributed by atoms with van der Waals surface area (Å²) < 4.78 is 0. The molecule has 0 aliphatic heterocycles. The Kier molecular flexibility index (Phi) is 5.94. The molecule has 1 saturated carbocycles. The lowest BCUT2D eigenvalue weighted by atomic mass is 10.1. The highest BCUT2D eigenvalue weighted by atomic mass is 16.2.